The van der Waals surface area contributed by atoms with Gasteiger partial charge in [0, 0.05) is 20.2 Å². The second kappa shape index (κ2) is 6.44. The molecule has 1 heterocycles. The number of nitrogens with zero attached hydrogens (tertiary/aromatic N) is 1. The summed E-state index contributed by atoms with van der Waals surface area (Å²) in [5, 5.41) is 5.39. The average Bonchev–Trinajstić information content (AvgIpc) is 2.33. The Morgan fingerprint density at radius 3 is 2.50 bits per heavy atom. The fourth-order valence-corrected chi connectivity index (χ4v) is 1.31. The Bertz CT molecular complexity index is 382. The minimum absolute atomic E-state index is 0.170. The van der Waals surface area contributed by atoms with Crippen LogP contribution in [0.1, 0.15) is 12.5 Å². The van der Waals surface area contributed by atoms with Crippen molar-refractivity contribution in [2.45, 2.75) is 13.1 Å². The third kappa shape index (κ3) is 4.40. The van der Waals surface area contributed by atoms with Gasteiger partial charge in [0.15, 0.2) is 0 Å². The van der Waals surface area contributed by atoms with Crippen LogP contribution in [0.3, 0.4) is 0 Å². The molecule has 0 amide bonds. The number of alkyl halides is 3. The summed E-state index contributed by atoms with van der Waals surface area (Å²) < 4.78 is 42.9. The topological polar surface area (TPSA) is 46.2 Å². The lowest BCUT2D eigenvalue weighted by Gasteiger charge is -2.12. The summed E-state index contributed by atoms with van der Waals surface area (Å²) in [5.74, 6) is 0.345. The summed E-state index contributed by atoms with van der Waals surface area (Å²) >= 11 is 0. The van der Waals surface area contributed by atoms with E-state index in [-0.39, 0.29) is 11.6 Å². The second-order valence-electron chi connectivity index (χ2n) is 3.50. The van der Waals surface area contributed by atoms with Crippen molar-refractivity contribution in [2.75, 3.05) is 37.4 Å². The molecule has 4 nitrogen and oxygen atoms in total. The molecule has 0 spiro atoms. The Morgan fingerprint density at radius 2 is 1.94 bits per heavy atom. The molecule has 18 heavy (non-hydrogen) atoms. The molecule has 0 bridgehead atoms. The first-order chi connectivity index (χ1) is 8.47. The number of anilines is 2. The van der Waals surface area contributed by atoms with Crippen molar-refractivity contribution in [1.29, 1.82) is 0 Å². The van der Waals surface area contributed by atoms with Crippen molar-refractivity contribution < 1.29 is 17.9 Å². The van der Waals surface area contributed by atoms with Gasteiger partial charge in [-0.15, -0.1) is 0 Å². The van der Waals surface area contributed by atoms with Gasteiger partial charge in [0.25, 0.3) is 0 Å². The molecule has 0 unspecified atom stereocenters. The number of hydrogen-bond acceptors (Lipinski definition) is 4. The Labute approximate surface area is 104 Å². The van der Waals surface area contributed by atoms with Crippen molar-refractivity contribution in [3.63, 3.8) is 0 Å². The number of nitrogens with one attached hydrogen (secondary N) is 2. The maximum atomic E-state index is 12.6. The number of ether oxygens (including phenoxy) is 1. The summed E-state index contributed by atoms with van der Waals surface area (Å²) in [6.07, 6.45) is -4.38. The first kappa shape index (κ1) is 14.6. The largest absolute Gasteiger partial charge is 0.416 e. The van der Waals surface area contributed by atoms with Gasteiger partial charge in [-0.1, -0.05) is 0 Å². The van der Waals surface area contributed by atoms with Gasteiger partial charge < -0.3 is 15.4 Å². The van der Waals surface area contributed by atoms with Gasteiger partial charge in [0.2, 0.25) is 0 Å². The van der Waals surface area contributed by atoms with Crippen LogP contribution in [-0.2, 0) is 10.9 Å². The first-order valence-electron chi connectivity index (χ1n) is 5.56. The molecular weight excluding hydrogens is 247 g/mol. The van der Waals surface area contributed by atoms with Crippen LogP contribution >= 0.6 is 0 Å². The molecule has 102 valence electrons. The molecule has 0 saturated heterocycles. The van der Waals surface area contributed by atoms with E-state index >= 15 is 0 Å². The van der Waals surface area contributed by atoms with Gasteiger partial charge in [0.1, 0.15) is 11.6 Å². The Kier molecular flexibility index (Phi) is 5.21. The second-order valence-corrected chi connectivity index (χ2v) is 3.50. The summed E-state index contributed by atoms with van der Waals surface area (Å²) in [6, 6.07) is 1.94. The Morgan fingerprint density at radius 1 is 1.28 bits per heavy atom. The lowest BCUT2D eigenvalue weighted by atomic mass is 10.2. The third-order valence-electron chi connectivity index (χ3n) is 2.17. The van der Waals surface area contributed by atoms with E-state index in [0.29, 0.717) is 19.8 Å². The molecule has 0 atom stereocenters. The standard InChI is InChI=1S/C11H16F3N3O/c1-3-18-5-4-16-10-7-8(11(12,13)14)6-9(15-2)17-10/h6-7H,3-5H2,1-2H3,(H2,15,16,17). The highest BCUT2D eigenvalue weighted by Crippen LogP contribution is 2.31. The molecule has 0 aliphatic carbocycles. The highest BCUT2D eigenvalue weighted by molar-refractivity contribution is 5.49. The Balaban J connectivity index is 2.78. The van der Waals surface area contributed by atoms with Crippen molar-refractivity contribution in [3.8, 4) is 0 Å². The van der Waals surface area contributed by atoms with E-state index < -0.39 is 11.7 Å². The molecule has 0 radical (unpaired) electrons. The predicted molar refractivity (Wildman–Crippen MR) is 63.8 cm³/mol. The van der Waals surface area contributed by atoms with E-state index in [9.17, 15) is 13.2 Å². The molecule has 0 aromatic carbocycles. The minimum Gasteiger partial charge on any atom is -0.380 e. The maximum Gasteiger partial charge on any atom is 0.416 e. The fraction of sp³-hybridized carbons (Fsp3) is 0.545. The third-order valence-corrected chi connectivity index (χ3v) is 2.17. The lowest BCUT2D eigenvalue weighted by Crippen LogP contribution is -2.13. The van der Waals surface area contributed by atoms with E-state index in [1.807, 2.05) is 6.92 Å². The number of pyridine rings is 1. The van der Waals surface area contributed by atoms with Crippen molar-refractivity contribution in [2.24, 2.45) is 0 Å². The van der Waals surface area contributed by atoms with Crippen molar-refractivity contribution >= 4 is 11.6 Å². The molecular formula is C11H16F3N3O. The molecule has 1 aromatic heterocycles. The van der Waals surface area contributed by atoms with Crippen LogP contribution in [0.15, 0.2) is 12.1 Å². The van der Waals surface area contributed by atoms with Gasteiger partial charge in [-0.3, -0.25) is 0 Å². The van der Waals surface area contributed by atoms with Gasteiger partial charge in [-0.2, -0.15) is 13.2 Å². The number of aromatic nitrogens is 1. The van der Waals surface area contributed by atoms with Gasteiger partial charge in [0.05, 0.1) is 12.2 Å². The van der Waals surface area contributed by atoms with Crippen LogP contribution in [0.25, 0.3) is 0 Å². The predicted octanol–water partition coefficient (Wildman–Crippen LogP) is 2.59. The summed E-state index contributed by atoms with van der Waals surface area (Å²) in [5.41, 5.74) is -0.735. The number of halogens is 3. The summed E-state index contributed by atoms with van der Waals surface area (Å²) in [7, 11) is 1.52. The van der Waals surface area contributed by atoms with E-state index in [1.165, 1.54) is 7.05 Å². The molecule has 2 N–H and O–H groups in total. The summed E-state index contributed by atoms with van der Waals surface area (Å²) in [4.78, 5) is 3.99. The van der Waals surface area contributed by atoms with Crippen LogP contribution < -0.4 is 10.6 Å². The van der Waals surface area contributed by atoms with E-state index in [4.69, 9.17) is 4.74 Å². The SMILES string of the molecule is CCOCCNc1cc(C(F)(F)F)cc(NC)n1. The minimum atomic E-state index is -4.38. The lowest BCUT2D eigenvalue weighted by molar-refractivity contribution is -0.137. The monoisotopic (exact) mass is 263 g/mol. The van der Waals surface area contributed by atoms with Crippen molar-refractivity contribution in [1.82, 2.24) is 4.98 Å². The molecule has 0 fully saturated rings. The average molecular weight is 263 g/mol. The van der Waals surface area contributed by atoms with Crippen molar-refractivity contribution in [3.05, 3.63) is 17.7 Å². The van der Waals surface area contributed by atoms with E-state index in [2.05, 4.69) is 15.6 Å². The quantitative estimate of drug-likeness (QED) is 0.774. The molecule has 0 aliphatic rings. The van der Waals surface area contributed by atoms with Crippen LogP contribution in [0, 0.1) is 0 Å². The Hall–Kier alpha value is -1.50. The zero-order chi connectivity index (χ0) is 13.6. The zero-order valence-electron chi connectivity index (χ0n) is 10.3. The highest BCUT2D eigenvalue weighted by Gasteiger charge is 2.31. The van der Waals surface area contributed by atoms with Gasteiger partial charge >= 0.3 is 6.18 Å². The number of hydrogen-bond donors (Lipinski definition) is 2. The smallest absolute Gasteiger partial charge is 0.380 e. The fourth-order valence-electron chi connectivity index (χ4n) is 1.31. The zero-order valence-corrected chi connectivity index (χ0v) is 10.3. The molecule has 7 heteroatoms. The molecule has 1 aromatic rings. The van der Waals surface area contributed by atoms with Crippen LogP contribution in [0.5, 0.6) is 0 Å². The summed E-state index contributed by atoms with van der Waals surface area (Å²) in [6.45, 7) is 3.25. The molecule has 0 saturated carbocycles. The van der Waals surface area contributed by atoms with E-state index in [1.54, 1.807) is 0 Å². The van der Waals surface area contributed by atoms with Crippen LogP contribution in [0.4, 0.5) is 24.8 Å². The van der Waals surface area contributed by atoms with E-state index in [0.717, 1.165) is 12.1 Å². The number of rotatable bonds is 6. The maximum absolute atomic E-state index is 12.6. The molecule has 0 aliphatic heterocycles. The van der Waals surface area contributed by atoms with Gasteiger partial charge in [-0.05, 0) is 19.1 Å². The van der Waals surface area contributed by atoms with Gasteiger partial charge in [-0.25, -0.2) is 4.98 Å². The van der Waals surface area contributed by atoms with Crippen LogP contribution in [-0.4, -0.2) is 31.8 Å². The highest BCUT2D eigenvalue weighted by atomic mass is 19.4. The normalized spacial score (nSPS) is 11.4. The first-order valence-corrected chi connectivity index (χ1v) is 5.56. The van der Waals surface area contributed by atoms with Crippen LogP contribution in [0.2, 0.25) is 0 Å². The molecule has 1 rings (SSSR count).